The molecule has 0 aliphatic heterocycles. The first-order chi connectivity index (χ1) is 12.3. The molecule has 0 saturated heterocycles. The van der Waals surface area contributed by atoms with Crippen LogP contribution in [0.25, 0.3) is 0 Å². The summed E-state index contributed by atoms with van der Waals surface area (Å²) in [4.78, 5) is 13.6. The molecule has 0 fully saturated rings. The Morgan fingerprint density at radius 1 is 0.720 bits per heavy atom. The molecule has 0 saturated carbocycles. The highest BCUT2D eigenvalue weighted by atomic mass is 16.5. The van der Waals surface area contributed by atoms with E-state index in [0.717, 1.165) is 34.8 Å². The third-order valence-electron chi connectivity index (χ3n) is 3.97. The van der Waals surface area contributed by atoms with E-state index in [0.29, 0.717) is 5.56 Å². The molecule has 126 valence electrons. The average molecular weight is 333 g/mol. The van der Waals surface area contributed by atoms with Gasteiger partial charge in [-0.1, -0.05) is 12.1 Å². The Kier molecular flexibility index (Phi) is 5.00. The number of anilines is 3. The van der Waals surface area contributed by atoms with Crippen LogP contribution in [0.2, 0.25) is 0 Å². The van der Waals surface area contributed by atoms with E-state index in [1.807, 2.05) is 77.7 Å². The Hall–Kier alpha value is -3.27. The molecule has 0 bridgehead atoms. The highest BCUT2D eigenvalue weighted by Crippen LogP contribution is 2.37. The molecule has 0 aliphatic carbocycles. The van der Waals surface area contributed by atoms with Gasteiger partial charge >= 0.3 is 0 Å². The molecule has 0 spiro atoms. The molecule has 4 nitrogen and oxygen atoms in total. The summed E-state index contributed by atoms with van der Waals surface area (Å²) < 4.78 is 10.5. The fourth-order valence-corrected chi connectivity index (χ4v) is 2.68. The molecule has 4 heteroatoms. The molecule has 0 amide bonds. The summed E-state index contributed by atoms with van der Waals surface area (Å²) in [7, 11) is 3.27. The standard InChI is InChI=1S/C21H19NO3/c1-24-19-11-7-17(8-12-19)22(18-9-13-20(25-2)14-10-18)21-6-4-3-5-16(21)15-23/h3-15H,1-2H3. The minimum atomic E-state index is 0.620. The Balaban J connectivity index is 2.14. The van der Waals surface area contributed by atoms with Crippen molar-refractivity contribution in [2.24, 2.45) is 0 Å². The molecule has 3 aromatic rings. The zero-order chi connectivity index (χ0) is 17.6. The number of para-hydroxylation sites is 1. The number of hydrogen-bond donors (Lipinski definition) is 0. The zero-order valence-corrected chi connectivity index (χ0v) is 14.2. The number of methoxy groups -OCH3 is 2. The lowest BCUT2D eigenvalue weighted by Gasteiger charge is -2.26. The summed E-state index contributed by atoms with van der Waals surface area (Å²) in [6, 6.07) is 23.0. The first-order valence-corrected chi connectivity index (χ1v) is 7.89. The maximum absolute atomic E-state index is 11.5. The van der Waals surface area contributed by atoms with Gasteiger partial charge in [0, 0.05) is 16.9 Å². The minimum absolute atomic E-state index is 0.620. The first kappa shape index (κ1) is 16.6. The Bertz CT molecular complexity index is 794. The first-order valence-electron chi connectivity index (χ1n) is 7.89. The van der Waals surface area contributed by atoms with E-state index in [1.54, 1.807) is 14.2 Å². The predicted molar refractivity (Wildman–Crippen MR) is 99.6 cm³/mol. The van der Waals surface area contributed by atoms with Crippen LogP contribution in [0.5, 0.6) is 11.5 Å². The fraction of sp³-hybridized carbons (Fsp3) is 0.0952. The van der Waals surface area contributed by atoms with E-state index in [9.17, 15) is 4.79 Å². The van der Waals surface area contributed by atoms with Crippen LogP contribution >= 0.6 is 0 Å². The molecule has 0 unspecified atom stereocenters. The van der Waals surface area contributed by atoms with Crippen LogP contribution in [0, 0.1) is 0 Å². The number of ether oxygens (including phenoxy) is 2. The number of nitrogens with zero attached hydrogens (tertiary/aromatic N) is 1. The van der Waals surface area contributed by atoms with Gasteiger partial charge in [-0.25, -0.2) is 0 Å². The smallest absolute Gasteiger partial charge is 0.152 e. The van der Waals surface area contributed by atoms with Gasteiger partial charge in [0.25, 0.3) is 0 Å². The fourth-order valence-electron chi connectivity index (χ4n) is 2.68. The summed E-state index contributed by atoms with van der Waals surface area (Å²) in [6.07, 6.45) is 0.870. The molecular formula is C21H19NO3. The van der Waals surface area contributed by atoms with Crippen LogP contribution in [0.15, 0.2) is 72.8 Å². The topological polar surface area (TPSA) is 38.8 Å². The van der Waals surface area contributed by atoms with Crippen molar-refractivity contribution in [1.29, 1.82) is 0 Å². The van der Waals surface area contributed by atoms with Gasteiger partial charge in [0.1, 0.15) is 11.5 Å². The molecule has 0 heterocycles. The van der Waals surface area contributed by atoms with E-state index < -0.39 is 0 Å². The van der Waals surface area contributed by atoms with Gasteiger partial charge in [0.05, 0.1) is 19.9 Å². The monoisotopic (exact) mass is 333 g/mol. The SMILES string of the molecule is COc1ccc(N(c2ccc(OC)cc2)c2ccccc2C=O)cc1. The molecule has 0 atom stereocenters. The molecule has 0 aromatic heterocycles. The lowest BCUT2D eigenvalue weighted by atomic mass is 10.1. The number of hydrogen-bond acceptors (Lipinski definition) is 4. The van der Waals surface area contributed by atoms with Crippen molar-refractivity contribution in [3.8, 4) is 11.5 Å². The zero-order valence-electron chi connectivity index (χ0n) is 14.2. The Morgan fingerprint density at radius 3 is 1.64 bits per heavy atom. The molecule has 0 N–H and O–H groups in total. The lowest BCUT2D eigenvalue weighted by molar-refractivity contribution is 0.112. The largest absolute Gasteiger partial charge is 0.497 e. The quantitative estimate of drug-likeness (QED) is 0.596. The van der Waals surface area contributed by atoms with E-state index in [1.165, 1.54) is 0 Å². The second-order valence-corrected chi connectivity index (χ2v) is 5.41. The van der Waals surface area contributed by atoms with E-state index in [-0.39, 0.29) is 0 Å². The summed E-state index contributed by atoms with van der Waals surface area (Å²) in [5.74, 6) is 1.56. The number of benzene rings is 3. The Labute approximate surface area is 147 Å². The molecule has 3 rings (SSSR count). The molecule has 3 aromatic carbocycles. The van der Waals surface area contributed by atoms with Gasteiger partial charge in [-0.15, -0.1) is 0 Å². The highest BCUT2D eigenvalue weighted by Gasteiger charge is 2.15. The van der Waals surface area contributed by atoms with E-state index in [4.69, 9.17) is 9.47 Å². The molecule has 0 radical (unpaired) electrons. The maximum Gasteiger partial charge on any atom is 0.152 e. The Morgan fingerprint density at radius 2 is 1.20 bits per heavy atom. The van der Waals surface area contributed by atoms with Crippen LogP contribution in [-0.4, -0.2) is 20.5 Å². The normalized spacial score (nSPS) is 10.2. The van der Waals surface area contributed by atoms with Gasteiger partial charge in [0.15, 0.2) is 6.29 Å². The highest BCUT2D eigenvalue weighted by molar-refractivity contribution is 5.90. The van der Waals surface area contributed by atoms with Crippen molar-refractivity contribution < 1.29 is 14.3 Å². The van der Waals surface area contributed by atoms with Gasteiger partial charge in [-0.05, 0) is 60.7 Å². The van der Waals surface area contributed by atoms with Gasteiger partial charge in [-0.2, -0.15) is 0 Å². The predicted octanol–water partition coefficient (Wildman–Crippen LogP) is 4.99. The van der Waals surface area contributed by atoms with Crippen LogP contribution < -0.4 is 14.4 Å². The number of aldehydes is 1. The van der Waals surface area contributed by atoms with E-state index >= 15 is 0 Å². The average Bonchev–Trinajstić information content (AvgIpc) is 2.69. The third-order valence-corrected chi connectivity index (χ3v) is 3.97. The minimum Gasteiger partial charge on any atom is -0.497 e. The van der Waals surface area contributed by atoms with Crippen LogP contribution in [0.3, 0.4) is 0 Å². The van der Waals surface area contributed by atoms with Gasteiger partial charge in [0.2, 0.25) is 0 Å². The summed E-state index contributed by atoms with van der Waals surface area (Å²) in [6.45, 7) is 0. The van der Waals surface area contributed by atoms with E-state index in [2.05, 4.69) is 0 Å². The molecular weight excluding hydrogens is 314 g/mol. The third kappa shape index (κ3) is 3.48. The van der Waals surface area contributed by atoms with Gasteiger partial charge < -0.3 is 14.4 Å². The van der Waals surface area contributed by atoms with Crippen LogP contribution in [0.1, 0.15) is 10.4 Å². The van der Waals surface area contributed by atoms with Crippen molar-refractivity contribution in [2.45, 2.75) is 0 Å². The molecule has 25 heavy (non-hydrogen) atoms. The van der Waals surface area contributed by atoms with Crippen molar-refractivity contribution in [3.05, 3.63) is 78.4 Å². The second-order valence-electron chi connectivity index (χ2n) is 5.41. The van der Waals surface area contributed by atoms with Crippen molar-refractivity contribution >= 4 is 23.3 Å². The number of rotatable bonds is 6. The van der Waals surface area contributed by atoms with Crippen molar-refractivity contribution in [1.82, 2.24) is 0 Å². The van der Waals surface area contributed by atoms with Crippen molar-refractivity contribution in [2.75, 3.05) is 19.1 Å². The van der Waals surface area contributed by atoms with Gasteiger partial charge in [-0.3, -0.25) is 4.79 Å². The lowest BCUT2D eigenvalue weighted by Crippen LogP contribution is -2.12. The van der Waals surface area contributed by atoms with Crippen LogP contribution in [-0.2, 0) is 0 Å². The molecule has 0 aliphatic rings. The summed E-state index contributed by atoms with van der Waals surface area (Å²) >= 11 is 0. The maximum atomic E-state index is 11.5. The summed E-state index contributed by atoms with van der Waals surface area (Å²) in [5, 5.41) is 0. The number of carbonyl (C=O) groups excluding carboxylic acids is 1. The van der Waals surface area contributed by atoms with Crippen molar-refractivity contribution in [3.63, 3.8) is 0 Å². The summed E-state index contributed by atoms with van der Waals surface area (Å²) in [5.41, 5.74) is 3.29. The number of carbonyl (C=O) groups is 1. The van der Waals surface area contributed by atoms with Crippen LogP contribution in [0.4, 0.5) is 17.1 Å². The second kappa shape index (κ2) is 7.53.